The second kappa shape index (κ2) is 10.9. The van der Waals surface area contributed by atoms with Gasteiger partial charge in [0.1, 0.15) is 0 Å². The lowest BCUT2D eigenvalue weighted by atomic mass is 10.3. The molecule has 3 amide bonds. The summed E-state index contributed by atoms with van der Waals surface area (Å²) in [6, 6.07) is 0. The zero-order valence-electron chi connectivity index (χ0n) is 16.1. The lowest BCUT2D eigenvalue weighted by Crippen LogP contribution is -2.46. The molecule has 0 bridgehead atoms. The third kappa shape index (κ3) is 7.22. The molecule has 10 nitrogen and oxygen atoms in total. The van der Waals surface area contributed by atoms with Crippen molar-refractivity contribution < 1.29 is 14.4 Å². The Morgan fingerprint density at radius 3 is 1.86 bits per heavy atom. The number of aromatic nitrogens is 4. The number of primary amides is 1. The number of imidazole rings is 2. The average molecular weight is 389 g/mol. The largest absolute Gasteiger partial charge is 0.368 e. The van der Waals surface area contributed by atoms with Crippen molar-refractivity contribution in [1.82, 2.24) is 28.9 Å². The molecular weight excluding hydrogens is 362 g/mol. The Labute approximate surface area is 163 Å². The summed E-state index contributed by atoms with van der Waals surface area (Å²) in [7, 11) is 0. The van der Waals surface area contributed by atoms with Crippen LogP contribution in [0.25, 0.3) is 0 Å². The Kier molecular flexibility index (Phi) is 8.19. The normalized spacial score (nSPS) is 10.6. The van der Waals surface area contributed by atoms with Crippen LogP contribution in [-0.2, 0) is 27.5 Å². The van der Waals surface area contributed by atoms with Crippen molar-refractivity contribution in [3.8, 4) is 0 Å². The summed E-state index contributed by atoms with van der Waals surface area (Å²) in [6.45, 7) is 3.39. The molecule has 0 aliphatic heterocycles. The van der Waals surface area contributed by atoms with Gasteiger partial charge in [-0.3, -0.25) is 14.4 Å². The van der Waals surface area contributed by atoms with Gasteiger partial charge in [-0.05, 0) is 12.8 Å². The second-order valence-corrected chi connectivity index (χ2v) is 6.53. The quantitative estimate of drug-likeness (QED) is 0.535. The van der Waals surface area contributed by atoms with Gasteiger partial charge in [0.2, 0.25) is 17.7 Å². The van der Waals surface area contributed by atoms with E-state index >= 15 is 0 Å². The molecular formula is C18H27N7O3. The van der Waals surface area contributed by atoms with Crippen molar-refractivity contribution in [2.45, 2.75) is 32.9 Å². The highest BCUT2D eigenvalue weighted by Gasteiger charge is 2.20. The molecule has 0 spiro atoms. The highest BCUT2D eigenvalue weighted by molar-refractivity contribution is 5.87. The van der Waals surface area contributed by atoms with Crippen LogP contribution in [0, 0.1) is 0 Å². The molecule has 0 aliphatic rings. The van der Waals surface area contributed by atoms with Gasteiger partial charge in [-0.15, -0.1) is 0 Å². The summed E-state index contributed by atoms with van der Waals surface area (Å²) < 4.78 is 3.81. The van der Waals surface area contributed by atoms with Crippen LogP contribution < -0.4 is 5.73 Å². The second-order valence-electron chi connectivity index (χ2n) is 6.53. The van der Waals surface area contributed by atoms with Gasteiger partial charge in [-0.2, -0.15) is 0 Å². The molecule has 2 N–H and O–H groups in total. The summed E-state index contributed by atoms with van der Waals surface area (Å²) in [6.07, 6.45) is 11.8. The summed E-state index contributed by atoms with van der Waals surface area (Å²) in [5.74, 6) is -1.05. The molecule has 10 heteroatoms. The third-order valence-corrected chi connectivity index (χ3v) is 4.28. The van der Waals surface area contributed by atoms with Crippen molar-refractivity contribution in [2.24, 2.45) is 5.73 Å². The first-order valence-corrected chi connectivity index (χ1v) is 9.18. The lowest BCUT2D eigenvalue weighted by molar-refractivity contribution is -0.141. The van der Waals surface area contributed by atoms with E-state index in [-0.39, 0.29) is 24.9 Å². The zero-order valence-corrected chi connectivity index (χ0v) is 16.1. The predicted octanol–water partition coefficient (Wildman–Crippen LogP) is -0.278. The summed E-state index contributed by atoms with van der Waals surface area (Å²) in [5.41, 5.74) is 5.29. The maximum absolute atomic E-state index is 12.7. The van der Waals surface area contributed by atoms with Crippen molar-refractivity contribution in [2.75, 3.05) is 26.2 Å². The monoisotopic (exact) mass is 389 g/mol. The van der Waals surface area contributed by atoms with Crippen LogP contribution in [0.2, 0.25) is 0 Å². The Morgan fingerprint density at radius 2 is 1.43 bits per heavy atom. The first-order chi connectivity index (χ1) is 13.5. The fourth-order valence-corrected chi connectivity index (χ4v) is 2.82. The van der Waals surface area contributed by atoms with E-state index in [2.05, 4.69) is 9.97 Å². The Bertz CT molecular complexity index is 743. The minimum Gasteiger partial charge on any atom is -0.368 e. The van der Waals surface area contributed by atoms with E-state index in [4.69, 9.17) is 5.73 Å². The van der Waals surface area contributed by atoms with Crippen LogP contribution in [-0.4, -0.2) is 72.8 Å². The number of hydrogen-bond donors (Lipinski definition) is 1. The minimum atomic E-state index is -0.578. The fraction of sp³-hybridized carbons (Fsp3) is 0.500. The van der Waals surface area contributed by atoms with Crippen molar-refractivity contribution >= 4 is 17.7 Å². The summed E-state index contributed by atoms with van der Waals surface area (Å²) >= 11 is 0. The van der Waals surface area contributed by atoms with Gasteiger partial charge in [-0.1, -0.05) is 0 Å². The van der Waals surface area contributed by atoms with E-state index in [0.29, 0.717) is 39.0 Å². The molecule has 0 fully saturated rings. The van der Waals surface area contributed by atoms with Crippen LogP contribution in [0.5, 0.6) is 0 Å². The molecule has 0 aliphatic carbocycles. The molecule has 0 unspecified atom stereocenters. The van der Waals surface area contributed by atoms with E-state index in [1.54, 1.807) is 25.0 Å². The molecule has 0 aromatic carbocycles. The first kappa shape index (κ1) is 21.1. The molecule has 28 heavy (non-hydrogen) atoms. The van der Waals surface area contributed by atoms with Crippen LogP contribution in [0.3, 0.4) is 0 Å². The fourth-order valence-electron chi connectivity index (χ4n) is 2.82. The molecule has 0 atom stereocenters. The maximum Gasteiger partial charge on any atom is 0.242 e. The van der Waals surface area contributed by atoms with Gasteiger partial charge in [0, 0.05) is 57.9 Å². The van der Waals surface area contributed by atoms with E-state index in [0.717, 1.165) is 0 Å². The number of amides is 3. The molecule has 0 saturated carbocycles. The number of nitrogens with two attached hydrogens (primary N) is 1. The zero-order chi connectivity index (χ0) is 20.4. The average Bonchev–Trinajstić information content (AvgIpc) is 3.33. The highest BCUT2D eigenvalue weighted by atomic mass is 16.2. The van der Waals surface area contributed by atoms with Crippen LogP contribution >= 0.6 is 0 Å². The van der Waals surface area contributed by atoms with Gasteiger partial charge in [0.25, 0.3) is 0 Å². The van der Waals surface area contributed by atoms with Crippen molar-refractivity contribution in [3.05, 3.63) is 37.4 Å². The summed E-state index contributed by atoms with van der Waals surface area (Å²) in [5, 5.41) is 0. The number of rotatable bonds is 12. The van der Waals surface area contributed by atoms with E-state index in [1.165, 1.54) is 16.7 Å². The molecule has 2 heterocycles. The number of carbonyl (C=O) groups is 3. The Balaban J connectivity index is 1.86. The van der Waals surface area contributed by atoms with Gasteiger partial charge in [0.15, 0.2) is 0 Å². The Hall–Kier alpha value is -3.17. The van der Waals surface area contributed by atoms with Gasteiger partial charge in [-0.25, -0.2) is 9.97 Å². The molecule has 2 aromatic rings. The smallest absolute Gasteiger partial charge is 0.242 e. The SMILES string of the molecule is CC(=O)N(CCCn1ccnc1)CC(=O)N(CCCn1ccnc1)CC(N)=O. The first-order valence-electron chi connectivity index (χ1n) is 9.18. The molecule has 2 aromatic heterocycles. The van der Waals surface area contributed by atoms with Crippen molar-refractivity contribution in [3.63, 3.8) is 0 Å². The van der Waals surface area contributed by atoms with Gasteiger partial charge < -0.3 is 24.7 Å². The molecule has 2 rings (SSSR count). The van der Waals surface area contributed by atoms with Crippen LogP contribution in [0.4, 0.5) is 0 Å². The predicted molar refractivity (Wildman–Crippen MR) is 102 cm³/mol. The Morgan fingerprint density at radius 1 is 0.893 bits per heavy atom. The number of aryl methyl sites for hydroxylation is 2. The topological polar surface area (TPSA) is 119 Å². The van der Waals surface area contributed by atoms with Gasteiger partial charge >= 0.3 is 0 Å². The number of hydrogen-bond acceptors (Lipinski definition) is 5. The highest BCUT2D eigenvalue weighted by Crippen LogP contribution is 2.02. The van der Waals surface area contributed by atoms with E-state index < -0.39 is 5.91 Å². The standard InChI is InChI=1S/C18H27N7O3/c1-16(26)24(8-2-6-22-10-4-20-14-22)13-18(28)25(12-17(19)27)9-3-7-23-11-5-21-15-23/h4-5,10-11,14-15H,2-3,6-9,12-13H2,1H3,(H2,19,27). The third-order valence-electron chi connectivity index (χ3n) is 4.28. The van der Waals surface area contributed by atoms with Crippen molar-refractivity contribution in [1.29, 1.82) is 0 Å². The summed E-state index contributed by atoms with van der Waals surface area (Å²) in [4.78, 5) is 46.8. The van der Waals surface area contributed by atoms with Crippen LogP contribution in [0.15, 0.2) is 37.4 Å². The molecule has 0 radical (unpaired) electrons. The van der Waals surface area contributed by atoms with Gasteiger partial charge in [0.05, 0.1) is 25.7 Å². The number of nitrogens with zero attached hydrogens (tertiary/aromatic N) is 6. The van der Waals surface area contributed by atoms with Crippen LogP contribution in [0.1, 0.15) is 19.8 Å². The van der Waals surface area contributed by atoms with E-state index in [9.17, 15) is 14.4 Å². The lowest BCUT2D eigenvalue weighted by Gasteiger charge is -2.26. The maximum atomic E-state index is 12.7. The number of carbonyl (C=O) groups excluding carboxylic acids is 3. The minimum absolute atomic E-state index is 0.0718. The molecule has 0 saturated heterocycles. The molecule has 152 valence electrons. The van der Waals surface area contributed by atoms with E-state index in [1.807, 2.05) is 21.5 Å².